The van der Waals surface area contributed by atoms with Crippen molar-refractivity contribution >= 4 is 17.1 Å². The molecule has 0 aliphatic carbocycles. The summed E-state index contributed by atoms with van der Waals surface area (Å²) in [6, 6.07) is 85.2. The van der Waals surface area contributed by atoms with Crippen molar-refractivity contribution in [1.29, 1.82) is 0 Å². The Kier molecular flexibility index (Phi) is 9.41. The molecule has 1 nitrogen and oxygen atoms in total. The van der Waals surface area contributed by atoms with Crippen LogP contribution < -0.4 is 4.90 Å². The molecule has 1 heteroatoms. The maximum Gasteiger partial charge on any atom is 0.0473 e. The lowest BCUT2D eigenvalue weighted by Gasteiger charge is -2.27. The maximum atomic E-state index is 2.39. The fraction of sp³-hybridized carbons (Fsp3) is 0. The van der Waals surface area contributed by atoms with Gasteiger partial charge in [0.15, 0.2) is 0 Å². The Bertz CT molecular complexity index is 2470. The van der Waals surface area contributed by atoms with Crippen LogP contribution in [0.4, 0.5) is 17.1 Å². The molecule has 9 aromatic rings. The maximum absolute atomic E-state index is 2.39. The molecule has 0 fully saturated rings. The van der Waals surface area contributed by atoms with E-state index in [9.17, 15) is 0 Å². The summed E-state index contributed by atoms with van der Waals surface area (Å²) < 4.78 is 0. The molecule has 0 saturated heterocycles. The van der Waals surface area contributed by atoms with Crippen molar-refractivity contribution in [1.82, 2.24) is 0 Å². The minimum Gasteiger partial charge on any atom is -0.310 e. The third-order valence-corrected chi connectivity index (χ3v) is 10.2. The normalized spacial score (nSPS) is 10.9. The van der Waals surface area contributed by atoms with Crippen LogP contribution in [0.3, 0.4) is 0 Å². The van der Waals surface area contributed by atoms with E-state index in [4.69, 9.17) is 0 Å². The number of rotatable bonds is 9. The van der Waals surface area contributed by atoms with Gasteiger partial charge in [-0.2, -0.15) is 0 Å². The first-order chi connectivity index (χ1) is 27.3. The molecule has 0 unspecified atom stereocenters. The van der Waals surface area contributed by atoms with Crippen molar-refractivity contribution in [3.05, 3.63) is 237 Å². The number of nitrogens with zero attached hydrogens (tertiary/aromatic N) is 1. The van der Waals surface area contributed by atoms with Gasteiger partial charge in [-0.1, -0.05) is 182 Å². The van der Waals surface area contributed by atoms with Crippen LogP contribution >= 0.6 is 0 Å². The molecule has 0 aliphatic heterocycles. The van der Waals surface area contributed by atoms with Crippen LogP contribution in [0, 0.1) is 0 Å². The van der Waals surface area contributed by atoms with Crippen LogP contribution in [-0.4, -0.2) is 0 Å². The highest BCUT2D eigenvalue weighted by Gasteiger charge is 2.19. The summed E-state index contributed by atoms with van der Waals surface area (Å²) in [4.78, 5) is 2.37. The molecule has 9 rings (SSSR count). The highest BCUT2D eigenvalue weighted by molar-refractivity contribution is 5.95. The van der Waals surface area contributed by atoms with Gasteiger partial charge in [0.25, 0.3) is 0 Å². The predicted octanol–water partition coefficient (Wildman–Crippen LogP) is 15.2. The smallest absolute Gasteiger partial charge is 0.0473 e. The Labute approximate surface area is 324 Å². The summed E-state index contributed by atoms with van der Waals surface area (Å²) in [6.07, 6.45) is 0. The van der Waals surface area contributed by atoms with E-state index < -0.39 is 0 Å². The second-order valence-corrected chi connectivity index (χ2v) is 13.8. The van der Waals surface area contributed by atoms with Gasteiger partial charge in [-0.05, 0) is 121 Å². The summed E-state index contributed by atoms with van der Waals surface area (Å²) in [5.74, 6) is 0. The van der Waals surface area contributed by atoms with E-state index in [1.54, 1.807) is 0 Å². The Morgan fingerprint density at radius 2 is 0.509 bits per heavy atom. The van der Waals surface area contributed by atoms with E-state index in [1.165, 1.54) is 55.6 Å². The van der Waals surface area contributed by atoms with Gasteiger partial charge in [-0.15, -0.1) is 0 Å². The number of para-hydroxylation sites is 2. The van der Waals surface area contributed by atoms with Crippen molar-refractivity contribution in [3.63, 3.8) is 0 Å². The van der Waals surface area contributed by atoms with E-state index in [0.717, 1.165) is 28.2 Å². The fourth-order valence-electron chi connectivity index (χ4n) is 7.58. The van der Waals surface area contributed by atoms with E-state index in [1.807, 2.05) is 0 Å². The molecule has 0 atom stereocenters. The lowest BCUT2D eigenvalue weighted by atomic mass is 9.87. The molecular formula is C54H39N. The minimum atomic E-state index is 1.08. The Hall–Kier alpha value is -7.22. The molecule has 9 aromatic carbocycles. The van der Waals surface area contributed by atoms with Gasteiger partial charge < -0.3 is 4.90 Å². The van der Waals surface area contributed by atoms with E-state index in [2.05, 4.69) is 241 Å². The lowest BCUT2D eigenvalue weighted by molar-refractivity contribution is 1.28. The van der Waals surface area contributed by atoms with Gasteiger partial charge in [0.2, 0.25) is 0 Å². The van der Waals surface area contributed by atoms with Gasteiger partial charge in [0.05, 0.1) is 0 Å². The molecule has 0 saturated carbocycles. The van der Waals surface area contributed by atoms with Crippen molar-refractivity contribution in [2.45, 2.75) is 0 Å². The largest absolute Gasteiger partial charge is 0.310 e. The van der Waals surface area contributed by atoms with Gasteiger partial charge in [0.1, 0.15) is 0 Å². The third kappa shape index (κ3) is 7.12. The van der Waals surface area contributed by atoms with Gasteiger partial charge in [-0.25, -0.2) is 0 Å². The quantitative estimate of drug-likeness (QED) is 0.145. The molecule has 55 heavy (non-hydrogen) atoms. The molecule has 0 aromatic heterocycles. The molecule has 0 amide bonds. The van der Waals surface area contributed by atoms with Crippen LogP contribution in [0.2, 0.25) is 0 Å². The lowest BCUT2D eigenvalue weighted by Crippen LogP contribution is -2.10. The van der Waals surface area contributed by atoms with Crippen molar-refractivity contribution in [2.75, 3.05) is 4.90 Å². The number of hydrogen-bond donors (Lipinski definition) is 0. The average molecular weight is 702 g/mol. The minimum absolute atomic E-state index is 1.08. The zero-order valence-corrected chi connectivity index (χ0v) is 30.5. The first-order valence-corrected chi connectivity index (χ1v) is 18.8. The van der Waals surface area contributed by atoms with Gasteiger partial charge in [-0.3, -0.25) is 0 Å². The fourth-order valence-corrected chi connectivity index (χ4v) is 7.58. The number of benzene rings is 9. The molecule has 0 spiro atoms. The van der Waals surface area contributed by atoms with Crippen LogP contribution in [0.25, 0.3) is 66.8 Å². The van der Waals surface area contributed by atoms with Crippen LogP contribution in [0.1, 0.15) is 0 Å². The summed E-state index contributed by atoms with van der Waals surface area (Å²) in [6.45, 7) is 0. The molecule has 0 radical (unpaired) electrons. The van der Waals surface area contributed by atoms with Crippen LogP contribution in [-0.2, 0) is 0 Å². The zero-order chi connectivity index (χ0) is 36.8. The van der Waals surface area contributed by atoms with Crippen molar-refractivity contribution in [3.8, 4) is 66.8 Å². The van der Waals surface area contributed by atoms with E-state index in [0.29, 0.717) is 0 Å². The molecule has 0 aliphatic rings. The monoisotopic (exact) mass is 701 g/mol. The van der Waals surface area contributed by atoms with Crippen LogP contribution in [0.15, 0.2) is 237 Å². The number of anilines is 3. The first-order valence-electron chi connectivity index (χ1n) is 18.8. The molecule has 0 N–H and O–H groups in total. The standard InChI is InChI=1S/C54H39N/c1-7-19-40(20-8-1)44-31-33-51(42-23-11-3-12-24-42)53(38-44)46-35-47(37-50(36-46)55(48-27-15-5-16-28-48)49-29-17-6-18-30-49)54-39-45(41-21-9-2-10-22-41)32-34-52(54)43-25-13-4-14-26-43/h1-39H. The van der Waals surface area contributed by atoms with Gasteiger partial charge >= 0.3 is 0 Å². The molecule has 260 valence electrons. The van der Waals surface area contributed by atoms with Crippen molar-refractivity contribution in [2.24, 2.45) is 0 Å². The SMILES string of the molecule is c1ccc(-c2ccc(-c3ccccc3)c(-c3cc(-c4cc(-c5ccccc5)ccc4-c4ccccc4)cc(N(c4ccccc4)c4ccccc4)c3)c2)cc1. The Morgan fingerprint density at radius 3 is 0.873 bits per heavy atom. The molecular weight excluding hydrogens is 663 g/mol. The molecule has 0 heterocycles. The average Bonchev–Trinajstić information content (AvgIpc) is 3.28. The Balaban J connectivity index is 1.36. The van der Waals surface area contributed by atoms with E-state index >= 15 is 0 Å². The van der Waals surface area contributed by atoms with Crippen molar-refractivity contribution < 1.29 is 0 Å². The topological polar surface area (TPSA) is 3.24 Å². The van der Waals surface area contributed by atoms with Crippen LogP contribution in [0.5, 0.6) is 0 Å². The predicted molar refractivity (Wildman–Crippen MR) is 234 cm³/mol. The second kappa shape index (κ2) is 15.4. The van der Waals surface area contributed by atoms with Gasteiger partial charge in [0, 0.05) is 17.1 Å². The number of hydrogen-bond acceptors (Lipinski definition) is 1. The highest BCUT2D eigenvalue weighted by Crippen LogP contribution is 2.45. The Morgan fingerprint density at radius 1 is 0.182 bits per heavy atom. The first kappa shape index (κ1) is 33.6. The van der Waals surface area contributed by atoms with E-state index in [-0.39, 0.29) is 0 Å². The zero-order valence-electron chi connectivity index (χ0n) is 30.5. The third-order valence-electron chi connectivity index (χ3n) is 10.2. The summed E-state index contributed by atoms with van der Waals surface area (Å²) in [5.41, 5.74) is 17.4. The molecule has 0 bridgehead atoms. The summed E-state index contributed by atoms with van der Waals surface area (Å²) in [5, 5.41) is 0. The summed E-state index contributed by atoms with van der Waals surface area (Å²) >= 11 is 0. The highest BCUT2D eigenvalue weighted by atomic mass is 15.1. The summed E-state index contributed by atoms with van der Waals surface area (Å²) in [7, 11) is 0. The second-order valence-electron chi connectivity index (χ2n) is 13.8.